The van der Waals surface area contributed by atoms with Gasteiger partial charge < -0.3 is 0 Å². The third-order valence-corrected chi connectivity index (χ3v) is 3.41. The third kappa shape index (κ3) is 2.47. The van der Waals surface area contributed by atoms with E-state index in [0.29, 0.717) is 12.0 Å². The predicted molar refractivity (Wildman–Crippen MR) is 64.6 cm³/mol. The lowest BCUT2D eigenvalue weighted by Gasteiger charge is -2.05. The largest absolute Gasteiger partial charge is 0.249 e. The Morgan fingerprint density at radius 1 is 1.38 bits per heavy atom. The molecular weight excluding hydrogens is 220 g/mol. The van der Waals surface area contributed by atoms with Crippen molar-refractivity contribution in [2.24, 2.45) is 0 Å². The van der Waals surface area contributed by atoms with Gasteiger partial charge in [0.05, 0.1) is 22.9 Å². The molecule has 0 fully saturated rings. The Labute approximate surface area is 99.3 Å². The van der Waals surface area contributed by atoms with Crippen molar-refractivity contribution < 1.29 is 0 Å². The molecule has 1 unspecified atom stereocenters. The van der Waals surface area contributed by atoms with Crippen LogP contribution < -0.4 is 0 Å². The first-order valence-electron chi connectivity index (χ1n) is 5.47. The van der Waals surface area contributed by atoms with Gasteiger partial charge in [-0.2, -0.15) is 15.0 Å². The molecule has 2 aromatic heterocycles. The third-order valence-electron chi connectivity index (χ3n) is 2.41. The first kappa shape index (κ1) is 11.3. The molecule has 0 saturated heterocycles. The minimum Gasteiger partial charge on any atom is -0.249 e. The van der Waals surface area contributed by atoms with Crippen molar-refractivity contribution in [3.05, 3.63) is 28.5 Å². The molecule has 5 heteroatoms. The Balaban J connectivity index is 2.03. The van der Waals surface area contributed by atoms with Crippen LogP contribution in [0.15, 0.2) is 17.8 Å². The number of nitrogens with zero attached hydrogens (tertiary/aromatic N) is 4. The highest BCUT2D eigenvalue weighted by molar-refractivity contribution is 7.09. The van der Waals surface area contributed by atoms with Gasteiger partial charge in [0.1, 0.15) is 0 Å². The molecule has 1 atom stereocenters. The summed E-state index contributed by atoms with van der Waals surface area (Å²) in [5, 5.41) is 11.9. The van der Waals surface area contributed by atoms with Crippen LogP contribution in [-0.2, 0) is 6.42 Å². The quantitative estimate of drug-likeness (QED) is 0.819. The van der Waals surface area contributed by atoms with Gasteiger partial charge in [0.2, 0.25) is 0 Å². The molecule has 2 aromatic rings. The summed E-state index contributed by atoms with van der Waals surface area (Å²) in [5.41, 5.74) is 1.04. The van der Waals surface area contributed by atoms with Gasteiger partial charge >= 0.3 is 0 Å². The summed E-state index contributed by atoms with van der Waals surface area (Å²) in [6.07, 6.45) is 4.60. The highest BCUT2D eigenvalue weighted by Gasteiger charge is 2.12. The van der Waals surface area contributed by atoms with E-state index in [9.17, 15) is 0 Å². The fourth-order valence-corrected chi connectivity index (χ4v) is 2.23. The van der Waals surface area contributed by atoms with Gasteiger partial charge in [0.25, 0.3) is 0 Å². The number of aromatic nitrogens is 4. The van der Waals surface area contributed by atoms with Crippen LogP contribution in [-0.4, -0.2) is 20.0 Å². The molecule has 0 aromatic carbocycles. The van der Waals surface area contributed by atoms with Crippen LogP contribution >= 0.6 is 11.3 Å². The van der Waals surface area contributed by atoms with Crippen molar-refractivity contribution in [1.29, 1.82) is 0 Å². The molecule has 4 nitrogen and oxygen atoms in total. The number of thiazole rings is 1. The summed E-state index contributed by atoms with van der Waals surface area (Å²) in [6.45, 7) is 6.33. The van der Waals surface area contributed by atoms with Crippen LogP contribution in [0.1, 0.15) is 43.4 Å². The predicted octanol–water partition coefficient (Wildman–Crippen LogP) is 2.66. The SMILES string of the molecule is CC(Cc1cnn(C(C)C)n1)c1nccs1. The van der Waals surface area contributed by atoms with Gasteiger partial charge in [0, 0.05) is 23.9 Å². The maximum absolute atomic E-state index is 4.44. The lowest BCUT2D eigenvalue weighted by molar-refractivity contribution is 0.461. The average molecular weight is 236 g/mol. The van der Waals surface area contributed by atoms with Crippen LogP contribution in [0.2, 0.25) is 0 Å². The van der Waals surface area contributed by atoms with E-state index in [2.05, 4.69) is 36.0 Å². The van der Waals surface area contributed by atoms with Crippen LogP contribution in [0, 0.1) is 0 Å². The van der Waals surface area contributed by atoms with E-state index in [1.165, 1.54) is 5.01 Å². The molecule has 0 radical (unpaired) electrons. The second kappa shape index (κ2) is 4.74. The molecule has 0 aliphatic heterocycles. The summed E-state index contributed by atoms with van der Waals surface area (Å²) < 4.78 is 0. The highest BCUT2D eigenvalue weighted by atomic mass is 32.1. The summed E-state index contributed by atoms with van der Waals surface area (Å²) in [7, 11) is 0. The van der Waals surface area contributed by atoms with Crippen molar-refractivity contribution in [3.8, 4) is 0 Å². The monoisotopic (exact) mass is 236 g/mol. The van der Waals surface area contributed by atoms with Crippen LogP contribution in [0.3, 0.4) is 0 Å². The summed E-state index contributed by atoms with van der Waals surface area (Å²) in [6, 6.07) is 0.323. The van der Waals surface area contributed by atoms with Crippen molar-refractivity contribution in [2.45, 2.75) is 39.2 Å². The van der Waals surface area contributed by atoms with Gasteiger partial charge in [0.15, 0.2) is 0 Å². The normalized spacial score (nSPS) is 13.2. The fraction of sp³-hybridized carbons (Fsp3) is 0.545. The number of rotatable bonds is 4. The smallest absolute Gasteiger partial charge is 0.0956 e. The molecule has 0 aliphatic rings. The van der Waals surface area contributed by atoms with E-state index in [-0.39, 0.29) is 0 Å². The second-order valence-electron chi connectivity index (χ2n) is 4.23. The lowest BCUT2D eigenvalue weighted by atomic mass is 10.1. The molecule has 0 amide bonds. The summed E-state index contributed by atoms with van der Waals surface area (Å²) in [4.78, 5) is 6.07. The van der Waals surface area contributed by atoms with Gasteiger partial charge in [-0.3, -0.25) is 0 Å². The van der Waals surface area contributed by atoms with E-state index >= 15 is 0 Å². The van der Waals surface area contributed by atoms with Crippen LogP contribution in [0.25, 0.3) is 0 Å². The molecule has 0 saturated carbocycles. The van der Waals surface area contributed by atoms with E-state index in [1.54, 1.807) is 16.1 Å². The lowest BCUT2D eigenvalue weighted by Crippen LogP contribution is -2.06. The Kier molecular flexibility index (Phi) is 3.33. The van der Waals surface area contributed by atoms with E-state index in [4.69, 9.17) is 0 Å². The minimum atomic E-state index is 0.323. The Hall–Kier alpha value is -1.23. The zero-order valence-electron chi connectivity index (χ0n) is 9.79. The van der Waals surface area contributed by atoms with Crippen molar-refractivity contribution >= 4 is 11.3 Å². The fourth-order valence-electron chi connectivity index (χ4n) is 1.53. The van der Waals surface area contributed by atoms with Crippen molar-refractivity contribution in [3.63, 3.8) is 0 Å². The zero-order chi connectivity index (χ0) is 11.5. The maximum atomic E-state index is 4.44. The second-order valence-corrected chi connectivity index (χ2v) is 5.15. The van der Waals surface area contributed by atoms with Gasteiger partial charge in [-0.1, -0.05) is 6.92 Å². The molecule has 0 bridgehead atoms. The Morgan fingerprint density at radius 2 is 2.19 bits per heavy atom. The highest BCUT2D eigenvalue weighted by Crippen LogP contribution is 2.21. The molecule has 0 N–H and O–H groups in total. The average Bonchev–Trinajstić information content (AvgIpc) is 2.87. The summed E-state index contributed by atoms with van der Waals surface area (Å²) >= 11 is 1.70. The Morgan fingerprint density at radius 3 is 2.75 bits per heavy atom. The first-order chi connectivity index (χ1) is 7.66. The van der Waals surface area contributed by atoms with Crippen LogP contribution in [0.4, 0.5) is 0 Å². The topological polar surface area (TPSA) is 43.6 Å². The Bertz CT molecular complexity index is 433. The van der Waals surface area contributed by atoms with E-state index in [1.807, 2.05) is 17.8 Å². The minimum absolute atomic E-state index is 0.323. The van der Waals surface area contributed by atoms with E-state index in [0.717, 1.165) is 12.1 Å². The molecule has 0 spiro atoms. The zero-order valence-corrected chi connectivity index (χ0v) is 10.6. The van der Waals surface area contributed by atoms with Gasteiger partial charge in [-0.25, -0.2) is 4.98 Å². The molecule has 0 aliphatic carbocycles. The standard InChI is InChI=1S/C11H16N4S/c1-8(2)15-13-7-10(14-15)6-9(3)11-12-4-5-16-11/h4-5,7-9H,6H2,1-3H3. The molecule has 2 heterocycles. The number of hydrogen-bond donors (Lipinski definition) is 0. The van der Waals surface area contributed by atoms with Crippen molar-refractivity contribution in [1.82, 2.24) is 20.0 Å². The van der Waals surface area contributed by atoms with Crippen molar-refractivity contribution in [2.75, 3.05) is 0 Å². The molecule has 16 heavy (non-hydrogen) atoms. The maximum Gasteiger partial charge on any atom is 0.0956 e. The molecular formula is C11H16N4S. The first-order valence-corrected chi connectivity index (χ1v) is 6.35. The molecule has 2 rings (SSSR count). The van der Waals surface area contributed by atoms with E-state index < -0.39 is 0 Å². The van der Waals surface area contributed by atoms with Crippen LogP contribution in [0.5, 0.6) is 0 Å². The summed E-state index contributed by atoms with van der Waals surface area (Å²) in [5.74, 6) is 0.414. The molecule has 86 valence electrons. The van der Waals surface area contributed by atoms with Gasteiger partial charge in [-0.15, -0.1) is 11.3 Å². The van der Waals surface area contributed by atoms with Gasteiger partial charge in [-0.05, 0) is 13.8 Å². The number of hydrogen-bond acceptors (Lipinski definition) is 4.